The van der Waals surface area contributed by atoms with Crippen molar-refractivity contribution < 1.29 is 14.7 Å². The number of hydrogen-bond donors (Lipinski definition) is 3. The van der Waals surface area contributed by atoms with Crippen molar-refractivity contribution in [3.05, 3.63) is 30.1 Å². The van der Waals surface area contributed by atoms with Gasteiger partial charge in [0, 0.05) is 18.9 Å². The number of urea groups is 1. The third kappa shape index (κ3) is 3.93. The quantitative estimate of drug-likeness (QED) is 0.790. The van der Waals surface area contributed by atoms with Gasteiger partial charge in [0.15, 0.2) is 0 Å². The summed E-state index contributed by atoms with van der Waals surface area (Å²) >= 11 is 0. The van der Waals surface area contributed by atoms with Crippen molar-refractivity contribution >= 4 is 12.0 Å². The van der Waals surface area contributed by atoms with Crippen LogP contribution < -0.4 is 10.6 Å². The van der Waals surface area contributed by atoms with Crippen LogP contribution >= 0.6 is 0 Å². The third-order valence-corrected chi connectivity index (χ3v) is 3.94. The molecule has 1 saturated carbocycles. The summed E-state index contributed by atoms with van der Waals surface area (Å²) in [4.78, 5) is 27.5. The third-order valence-electron chi connectivity index (χ3n) is 3.94. The second-order valence-electron chi connectivity index (χ2n) is 5.76. The molecule has 1 aliphatic carbocycles. The molecule has 2 rings (SSSR count). The maximum Gasteiger partial charge on any atom is 0.329 e. The van der Waals surface area contributed by atoms with Gasteiger partial charge in [0.05, 0.1) is 0 Å². The molecule has 114 valence electrons. The number of carboxylic acids is 1. The zero-order valence-electron chi connectivity index (χ0n) is 12.1. The maximum absolute atomic E-state index is 12.0. The highest BCUT2D eigenvalue weighted by Gasteiger charge is 2.43. The first-order valence-electron chi connectivity index (χ1n) is 7.20. The van der Waals surface area contributed by atoms with Crippen molar-refractivity contribution in [1.82, 2.24) is 15.6 Å². The van der Waals surface area contributed by atoms with Crippen molar-refractivity contribution in [2.24, 2.45) is 5.92 Å². The average Bonchev–Trinajstić information content (AvgIpc) is 2.46. The molecule has 2 amide bonds. The van der Waals surface area contributed by atoms with Gasteiger partial charge in [-0.05, 0) is 30.4 Å². The van der Waals surface area contributed by atoms with Crippen molar-refractivity contribution in [3.63, 3.8) is 0 Å². The van der Waals surface area contributed by atoms with E-state index in [1.165, 1.54) is 0 Å². The van der Waals surface area contributed by atoms with Gasteiger partial charge in [-0.1, -0.05) is 25.8 Å². The Balaban J connectivity index is 1.94. The molecule has 1 heterocycles. The van der Waals surface area contributed by atoms with E-state index in [1.807, 2.05) is 13.0 Å². The highest BCUT2D eigenvalue weighted by Crippen LogP contribution is 2.32. The SMILES string of the molecule is CC1CCCC(NC(=O)NCc2cccnc2)(C(=O)O)C1. The number of carbonyl (C=O) groups excluding carboxylic acids is 1. The molecule has 1 aromatic heterocycles. The predicted octanol–water partition coefficient (Wildman–Crippen LogP) is 1.91. The summed E-state index contributed by atoms with van der Waals surface area (Å²) in [5.74, 6) is -0.654. The standard InChI is InChI=1S/C15H21N3O3/c1-11-4-2-6-15(8-11,13(19)20)18-14(21)17-10-12-5-3-7-16-9-12/h3,5,7,9,11H,2,4,6,8,10H2,1H3,(H,19,20)(H2,17,18,21). The van der Waals surface area contributed by atoms with Crippen LogP contribution in [0.2, 0.25) is 0 Å². The van der Waals surface area contributed by atoms with Gasteiger partial charge in [0.25, 0.3) is 0 Å². The molecule has 0 saturated heterocycles. The van der Waals surface area contributed by atoms with Gasteiger partial charge < -0.3 is 15.7 Å². The maximum atomic E-state index is 12.0. The van der Waals surface area contributed by atoms with E-state index in [2.05, 4.69) is 15.6 Å². The zero-order chi connectivity index (χ0) is 15.3. The Kier molecular flexibility index (Phi) is 4.77. The molecule has 6 nitrogen and oxygen atoms in total. The lowest BCUT2D eigenvalue weighted by Gasteiger charge is -2.37. The second kappa shape index (κ2) is 6.56. The van der Waals surface area contributed by atoms with Crippen LogP contribution in [0.1, 0.15) is 38.2 Å². The van der Waals surface area contributed by atoms with Crippen LogP contribution in [0, 0.1) is 5.92 Å². The van der Waals surface area contributed by atoms with Crippen molar-refractivity contribution in [2.45, 2.75) is 44.7 Å². The molecule has 1 aromatic rings. The van der Waals surface area contributed by atoms with Crippen LogP contribution in [0.25, 0.3) is 0 Å². The van der Waals surface area contributed by atoms with Gasteiger partial charge in [0.2, 0.25) is 0 Å². The number of carboxylic acid groups (broad SMARTS) is 1. The van der Waals surface area contributed by atoms with Gasteiger partial charge in [-0.3, -0.25) is 4.98 Å². The minimum atomic E-state index is -1.14. The molecule has 2 unspecified atom stereocenters. The Labute approximate surface area is 124 Å². The Morgan fingerprint density at radius 1 is 1.52 bits per heavy atom. The lowest BCUT2D eigenvalue weighted by Crippen LogP contribution is -2.59. The lowest BCUT2D eigenvalue weighted by molar-refractivity contribution is -0.146. The summed E-state index contributed by atoms with van der Waals surface area (Å²) in [6, 6.07) is 3.19. The molecular formula is C15H21N3O3. The molecule has 0 radical (unpaired) electrons. The van der Waals surface area contributed by atoms with E-state index in [1.54, 1.807) is 18.5 Å². The van der Waals surface area contributed by atoms with E-state index in [0.717, 1.165) is 18.4 Å². The summed E-state index contributed by atoms with van der Waals surface area (Å²) in [6.45, 7) is 2.34. The first-order valence-corrected chi connectivity index (χ1v) is 7.20. The molecule has 6 heteroatoms. The van der Waals surface area contributed by atoms with Crippen LogP contribution in [0.3, 0.4) is 0 Å². The Hall–Kier alpha value is -2.11. The van der Waals surface area contributed by atoms with E-state index in [4.69, 9.17) is 0 Å². The summed E-state index contributed by atoms with van der Waals surface area (Å²) in [5.41, 5.74) is -0.273. The second-order valence-corrected chi connectivity index (χ2v) is 5.76. The molecule has 1 aliphatic rings. The normalized spacial score (nSPS) is 25.1. The fourth-order valence-electron chi connectivity index (χ4n) is 2.86. The first-order chi connectivity index (χ1) is 10.0. The number of aromatic nitrogens is 1. The lowest BCUT2D eigenvalue weighted by atomic mass is 9.76. The van der Waals surface area contributed by atoms with Crippen LogP contribution in [-0.2, 0) is 11.3 Å². The molecule has 0 bridgehead atoms. The van der Waals surface area contributed by atoms with Gasteiger partial charge in [-0.2, -0.15) is 0 Å². The van der Waals surface area contributed by atoms with Gasteiger partial charge in [0.1, 0.15) is 5.54 Å². The Bertz CT molecular complexity index is 506. The summed E-state index contributed by atoms with van der Waals surface area (Å²) in [6.07, 6.45) is 6.10. The van der Waals surface area contributed by atoms with Crippen LogP contribution in [0.15, 0.2) is 24.5 Å². The molecule has 0 spiro atoms. The molecule has 0 aromatic carbocycles. The van der Waals surface area contributed by atoms with Crippen molar-refractivity contribution in [1.29, 1.82) is 0 Å². The van der Waals surface area contributed by atoms with E-state index < -0.39 is 17.5 Å². The number of pyridine rings is 1. The highest BCUT2D eigenvalue weighted by atomic mass is 16.4. The zero-order valence-corrected chi connectivity index (χ0v) is 12.1. The molecule has 2 atom stereocenters. The van der Waals surface area contributed by atoms with Crippen LogP contribution in [0.4, 0.5) is 4.79 Å². The van der Waals surface area contributed by atoms with E-state index in [-0.39, 0.29) is 0 Å². The van der Waals surface area contributed by atoms with E-state index >= 15 is 0 Å². The fourth-order valence-corrected chi connectivity index (χ4v) is 2.86. The molecular weight excluding hydrogens is 270 g/mol. The number of rotatable bonds is 4. The number of aliphatic carboxylic acids is 1. The van der Waals surface area contributed by atoms with Gasteiger partial charge in [-0.25, -0.2) is 9.59 Å². The number of hydrogen-bond acceptors (Lipinski definition) is 3. The summed E-state index contributed by atoms with van der Waals surface area (Å²) in [7, 11) is 0. The van der Waals surface area contributed by atoms with E-state index in [9.17, 15) is 14.7 Å². The van der Waals surface area contributed by atoms with Crippen LogP contribution in [0.5, 0.6) is 0 Å². The minimum absolute atomic E-state index is 0.300. The van der Waals surface area contributed by atoms with Gasteiger partial charge in [-0.15, -0.1) is 0 Å². The number of amides is 2. The topological polar surface area (TPSA) is 91.3 Å². The minimum Gasteiger partial charge on any atom is -0.480 e. The number of nitrogens with zero attached hydrogens (tertiary/aromatic N) is 1. The molecule has 3 N–H and O–H groups in total. The summed E-state index contributed by atoms with van der Waals surface area (Å²) in [5, 5.41) is 14.8. The number of carbonyl (C=O) groups is 2. The smallest absolute Gasteiger partial charge is 0.329 e. The largest absolute Gasteiger partial charge is 0.480 e. The average molecular weight is 291 g/mol. The van der Waals surface area contributed by atoms with Crippen molar-refractivity contribution in [3.8, 4) is 0 Å². The Morgan fingerprint density at radius 2 is 2.33 bits per heavy atom. The van der Waals surface area contributed by atoms with Gasteiger partial charge >= 0.3 is 12.0 Å². The molecule has 21 heavy (non-hydrogen) atoms. The monoisotopic (exact) mass is 291 g/mol. The van der Waals surface area contributed by atoms with Crippen molar-refractivity contribution in [2.75, 3.05) is 0 Å². The van der Waals surface area contributed by atoms with Crippen LogP contribution in [-0.4, -0.2) is 27.6 Å². The van der Waals surface area contributed by atoms with E-state index in [0.29, 0.717) is 25.3 Å². The fraction of sp³-hybridized carbons (Fsp3) is 0.533. The first kappa shape index (κ1) is 15.3. The number of nitrogens with one attached hydrogen (secondary N) is 2. The molecule has 0 aliphatic heterocycles. The highest BCUT2D eigenvalue weighted by molar-refractivity contribution is 5.86. The summed E-state index contributed by atoms with van der Waals surface area (Å²) < 4.78 is 0. The Morgan fingerprint density at radius 3 is 2.95 bits per heavy atom. The predicted molar refractivity (Wildman–Crippen MR) is 77.6 cm³/mol. The molecule has 1 fully saturated rings.